The lowest BCUT2D eigenvalue weighted by molar-refractivity contribution is 0.0714. The molecule has 4 rings (SSSR count). The molecule has 1 aliphatic carbocycles. The van der Waals surface area contributed by atoms with Gasteiger partial charge in [0.2, 0.25) is 11.8 Å². The first-order chi connectivity index (χ1) is 12.6. The van der Waals surface area contributed by atoms with E-state index in [9.17, 15) is 4.79 Å². The number of carbonyl (C=O) groups is 1. The molecule has 1 fully saturated rings. The third kappa shape index (κ3) is 3.59. The van der Waals surface area contributed by atoms with Crippen LogP contribution in [0, 0.1) is 0 Å². The molecule has 2 aromatic carbocycles. The minimum atomic E-state index is -0.121. The predicted octanol–water partition coefficient (Wildman–Crippen LogP) is 4.85. The first kappa shape index (κ1) is 17.1. The maximum Gasteiger partial charge on any atom is 0.256 e. The Kier molecular flexibility index (Phi) is 4.66. The maximum absolute atomic E-state index is 12.9. The van der Waals surface area contributed by atoms with E-state index in [0.29, 0.717) is 27.4 Å². The number of aromatic nitrogens is 2. The Morgan fingerprint density at radius 1 is 1.08 bits per heavy atom. The van der Waals surface area contributed by atoms with Crippen molar-refractivity contribution in [1.29, 1.82) is 0 Å². The van der Waals surface area contributed by atoms with Crippen molar-refractivity contribution in [2.45, 2.75) is 25.4 Å². The summed E-state index contributed by atoms with van der Waals surface area (Å²) < 4.78 is 5.74. The minimum absolute atomic E-state index is 0.121. The van der Waals surface area contributed by atoms with Gasteiger partial charge in [-0.3, -0.25) is 4.79 Å². The molecule has 5 nitrogen and oxygen atoms in total. The molecule has 1 amide bonds. The van der Waals surface area contributed by atoms with Gasteiger partial charge in [-0.05, 0) is 49.2 Å². The zero-order valence-electron chi connectivity index (χ0n) is 13.7. The van der Waals surface area contributed by atoms with Crippen LogP contribution in [0.1, 0.15) is 29.1 Å². The first-order valence-corrected chi connectivity index (χ1v) is 9.01. The fourth-order valence-corrected chi connectivity index (χ4v) is 3.06. The van der Waals surface area contributed by atoms with Crippen molar-refractivity contribution < 1.29 is 9.21 Å². The predicted molar refractivity (Wildman–Crippen MR) is 99.1 cm³/mol. The number of hydrogen-bond acceptors (Lipinski definition) is 4. The number of benzene rings is 2. The van der Waals surface area contributed by atoms with E-state index in [4.69, 9.17) is 27.6 Å². The SMILES string of the molecule is O=C(c1ccccc1Cl)N(Cc1nnc(-c2ccc(Cl)cc2)o1)C1CC1. The molecule has 132 valence electrons. The van der Waals surface area contributed by atoms with E-state index in [-0.39, 0.29) is 18.5 Å². The van der Waals surface area contributed by atoms with Crippen LogP contribution in [0.2, 0.25) is 10.0 Å². The van der Waals surface area contributed by atoms with Crippen LogP contribution in [0.3, 0.4) is 0 Å². The molecule has 0 unspecified atom stereocenters. The van der Waals surface area contributed by atoms with E-state index in [1.807, 2.05) is 12.1 Å². The van der Waals surface area contributed by atoms with Gasteiger partial charge in [0.05, 0.1) is 17.1 Å². The highest BCUT2D eigenvalue weighted by molar-refractivity contribution is 6.33. The van der Waals surface area contributed by atoms with Gasteiger partial charge in [0.25, 0.3) is 5.91 Å². The fraction of sp³-hybridized carbons (Fsp3) is 0.211. The lowest BCUT2D eigenvalue weighted by Crippen LogP contribution is -2.32. The third-order valence-electron chi connectivity index (χ3n) is 4.22. The van der Waals surface area contributed by atoms with Crippen LogP contribution >= 0.6 is 23.2 Å². The molecule has 0 N–H and O–H groups in total. The first-order valence-electron chi connectivity index (χ1n) is 8.25. The van der Waals surface area contributed by atoms with Crippen LogP contribution in [0.4, 0.5) is 0 Å². The van der Waals surface area contributed by atoms with E-state index in [2.05, 4.69) is 10.2 Å². The van der Waals surface area contributed by atoms with E-state index >= 15 is 0 Å². The second kappa shape index (κ2) is 7.09. The molecule has 26 heavy (non-hydrogen) atoms. The smallest absolute Gasteiger partial charge is 0.256 e. The van der Waals surface area contributed by atoms with Crippen molar-refractivity contribution in [3.05, 3.63) is 70.0 Å². The Balaban J connectivity index is 1.55. The number of halogens is 2. The summed E-state index contributed by atoms with van der Waals surface area (Å²) in [6.45, 7) is 0.259. The summed E-state index contributed by atoms with van der Waals surface area (Å²) in [5.74, 6) is 0.671. The quantitative estimate of drug-likeness (QED) is 0.627. The number of rotatable bonds is 5. The van der Waals surface area contributed by atoms with Gasteiger partial charge in [-0.2, -0.15) is 0 Å². The standard InChI is InChI=1S/C19H15Cl2N3O2/c20-13-7-5-12(6-8-13)18-23-22-17(26-18)11-24(14-9-10-14)19(25)15-3-1-2-4-16(15)21/h1-8,14H,9-11H2. The normalized spacial score (nSPS) is 13.6. The lowest BCUT2D eigenvalue weighted by atomic mass is 10.2. The molecule has 0 spiro atoms. The van der Waals surface area contributed by atoms with Gasteiger partial charge >= 0.3 is 0 Å². The molecular formula is C19H15Cl2N3O2. The molecule has 1 aromatic heterocycles. The molecule has 3 aromatic rings. The van der Waals surface area contributed by atoms with Crippen molar-refractivity contribution in [3.63, 3.8) is 0 Å². The van der Waals surface area contributed by atoms with Crippen molar-refractivity contribution >= 4 is 29.1 Å². The van der Waals surface area contributed by atoms with Gasteiger partial charge in [0.1, 0.15) is 0 Å². The molecule has 7 heteroatoms. The summed E-state index contributed by atoms with van der Waals surface area (Å²) in [5.41, 5.74) is 1.27. The third-order valence-corrected chi connectivity index (χ3v) is 4.80. The van der Waals surface area contributed by atoms with Gasteiger partial charge in [0.15, 0.2) is 0 Å². The van der Waals surface area contributed by atoms with Gasteiger partial charge < -0.3 is 9.32 Å². The molecule has 1 saturated carbocycles. The minimum Gasteiger partial charge on any atom is -0.419 e. The Bertz CT molecular complexity index is 936. The maximum atomic E-state index is 12.9. The fourth-order valence-electron chi connectivity index (χ4n) is 2.71. The molecular weight excluding hydrogens is 373 g/mol. The van der Waals surface area contributed by atoms with Crippen molar-refractivity contribution in [3.8, 4) is 11.5 Å². The summed E-state index contributed by atoms with van der Waals surface area (Å²) >= 11 is 12.1. The summed E-state index contributed by atoms with van der Waals surface area (Å²) in [6.07, 6.45) is 1.93. The molecule has 0 atom stereocenters. The molecule has 0 saturated heterocycles. The van der Waals surface area contributed by atoms with E-state index in [0.717, 1.165) is 18.4 Å². The molecule has 0 aliphatic heterocycles. The van der Waals surface area contributed by atoms with Crippen LogP contribution in [-0.2, 0) is 6.54 Å². The number of hydrogen-bond donors (Lipinski definition) is 0. The van der Waals surface area contributed by atoms with Crippen molar-refractivity contribution in [2.75, 3.05) is 0 Å². The van der Waals surface area contributed by atoms with Crippen molar-refractivity contribution in [1.82, 2.24) is 15.1 Å². The Morgan fingerprint density at radius 2 is 1.81 bits per heavy atom. The van der Waals surface area contributed by atoms with Crippen LogP contribution < -0.4 is 0 Å². The van der Waals surface area contributed by atoms with Gasteiger partial charge in [-0.1, -0.05) is 35.3 Å². The Hall–Kier alpha value is -2.37. The van der Waals surface area contributed by atoms with E-state index in [1.165, 1.54) is 0 Å². The van der Waals surface area contributed by atoms with Crippen molar-refractivity contribution in [2.24, 2.45) is 0 Å². The van der Waals surface area contributed by atoms with Crippen LogP contribution in [0.25, 0.3) is 11.5 Å². The summed E-state index contributed by atoms with van der Waals surface area (Å²) in [5, 5.41) is 9.24. The summed E-state index contributed by atoms with van der Waals surface area (Å²) in [4.78, 5) is 14.7. The average molecular weight is 388 g/mol. The highest BCUT2D eigenvalue weighted by Gasteiger charge is 2.34. The summed E-state index contributed by atoms with van der Waals surface area (Å²) in [7, 11) is 0. The Labute approximate surface area is 160 Å². The highest BCUT2D eigenvalue weighted by atomic mass is 35.5. The van der Waals surface area contributed by atoms with E-state index < -0.39 is 0 Å². The topological polar surface area (TPSA) is 59.2 Å². The summed E-state index contributed by atoms with van der Waals surface area (Å²) in [6, 6.07) is 14.4. The number of nitrogens with zero attached hydrogens (tertiary/aromatic N) is 3. The second-order valence-electron chi connectivity index (χ2n) is 6.15. The Morgan fingerprint density at radius 3 is 2.50 bits per heavy atom. The number of carbonyl (C=O) groups excluding carboxylic acids is 1. The van der Waals surface area contributed by atoms with Crippen LogP contribution in [-0.4, -0.2) is 27.0 Å². The molecule has 0 bridgehead atoms. The zero-order valence-corrected chi connectivity index (χ0v) is 15.2. The van der Waals surface area contributed by atoms with Crippen LogP contribution in [0.15, 0.2) is 52.9 Å². The van der Waals surface area contributed by atoms with Gasteiger partial charge in [0, 0.05) is 16.6 Å². The monoisotopic (exact) mass is 387 g/mol. The van der Waals surface area contributed by atoms with Crippen LogP contribution in [0.5, 0.6) is 0 Å². The van der Waals surface area contributed by atoms with Gasteiger partial charge in [-0.15, -0.1) is 10.2 Å². The molecule has 0 radical (unpaired) electrons. The van der Waals surface area contributed by atoms with E-state index in [1.54, 1.807) is 41.3 Å². The lowest BCUT2D eigenvalue weighted by Gasteiger charge is -2.21. The average Bonchev–Trinajstić information content (AvgIpc) is 3.38. The largest absolute Gasteiger partial charge is 0.419 e. The zero-order chi connectivity index (χ0) is 18.1. The highest BCUT2D eigenvalue weighted by Crippen LogP contribution is 2.31. The molecule has 1 heterocycles. The molecule has 1 aliphatic rings. The second-order valence-corrected chi connectivity index (χ2v) is 7.00. The number of amides is 1. The van der Waals surface area contributed by atoms with Gasteiger partial charge in [-0.25, -0.2) is 0 Å².